The van der Waals surface area contributed by atoms with Gasteiger partial charge in [0.2, 0.25) is 5.91 Å². The minimum atomic E-state index is 0. The van der Waals surface area contributed by atoms with Crippen LogP contribution in [0.2, 0.25) is 0 Å². The minimum absolute atomic E-state index is 0. The highest BCUT2D eigenvalue weighted by molar-refractivity contribution is 7.99. The zero-order valence-electron chi connectivity index (χ0n) is 10.1. The van der Waals surface area contributed by atoms with Crippen molar-refractivity contribution in [2.24, 2.45) is 5.92 Å². The molecule has 2 unspecified atom stereocenters. The van der Waals surface area contributed by atoms with Crippen molar-refractivity contribution in [1.82, 2.24) is 10.6 Å². The van der Waals surface area contributed by atoms with Gasteiger partial charge >= 0.3 is 0 Å². The van der Waals surface area contributed by atoms with Gasteiger partial charge in [-0.15, -0.1) is 12.4 Å². The Morgan fingerprint density at radius 3 is 2.94 bits per heavy atom. The first-order valence-electron chi connectivity index (χ1n) is 5.82. The van der Waals surface area contributed by atoms with Crippen molar-refractivity contribution in [3.63, 3.8) is 0 Å². The van der Waals surface area contributed by atoms with Gasteiger partial charge in [0.05, 0.1) is 5.75 Å². The molecular formula is C11H23ClN2OS. The predicted octanol–water partition coefficient (Wildman–Crippen LogP) is 1.67. The van der Waals surface area contributed by atoms with Crippen LogP contribution in [-0.2, 0) is 4.79 Å². The van der Waals surface area contributed by atoms with E-state index in [1.165, 1.54) is 0 Å². The molecule has 0 aromatic heterocycles. The Bertz CT molecular complexity index is 204. The lowest BCUT2D eigenvalue weighted by molar-refractivity contribution is -0.119. The summed E-state index contributed by atoms with van der Waals surface area (Å²) < 4.78 is 0. The topological polar surface area (TPSA) is 41.1 Å². The summed E-state index contributed by atoms with van der Waals surface area (Å²) in [5, 5.41) is 6.42. The molecule has 1 amide bonds. The lowest BCUT2D eigenvalue weighted by Gasteiger charge is -2.30. The first-order chi connectivity index (χ1) is 7.24. The molecule has 96 valence electrons. The number of piperidine rings is 1. The maximum atomic E-state index is 11.6. The van der Waals surface area contributed by atoms with Gasteiger partial charge in [0, 0.05) is 12.6 Å². The smallest absolute Gasteiger partial charge is 0.230 e. The van der Waals surface area contributed by atoms with E-state index in [0.717, 1.165) is 31.7 Å². The molecule has 5 heteroatoms. The maximum absolute atomic E-state index is 11.6. The number of carbonyl (C=O) groups excluding carboxylic acids is 1. The number of carbonyl (C=O) groups is 1. The molecule has 2 N–H and O–H groups in total. The number of halogens is 1. The second-order valence-corrected chi connectivity index (χ2v) is 5.30. The number of nitrogens with one attached hydrogen (secondary N) is 2. The number of thioether (sulfide) groups is 1. The van der Waals surface area contributed by atoms with Crippen molar-refractivity contribution in [1.29, 1.82) is 0 Å². The predicted molar refractivity (Wildman–Crippen MR) is 73.4 cm³/mol. The Morgan fingerprint density at radius 1 is 1.56 bits per heavy atom. The van der Waals surface area contributed by atoms with Gasteiger partial charge in [-0.3, -0.25) is 4.79 Å². The Hall–Kier alpha value is 0.0700. The Balaban J connectivity index is 0.00000225. The van der Waals surface area contributed by atoms with Gasteiger partial charge in [-0.25, -0.2) is 0 Å². The first-order valence-corrected chi connectivity index (χ1v) is 6.97. The number of hydrogen-bond donors (Lipinski definition) is 2. The molecule has 16 heavy (non-hydrogen) atoms. The van der Waals surface area contributed by atoms with E-state index >= 15 is 0 Å². The van der Waals surface area contributed by atoms with Crippen molar-refractivity contribution in [3.05, 3.63) is 0 Å². The minimum Gasteiger partial charge on any atom is -0.351 e. The van der Waals surface area contributed by atoms with Gasteiger partial charge in [-0.2, -0.15) is 11.8 Å². The fourth-order valence-corrected chi connectivity index (χ4v) is 2.44. The van der Waals surface area contributed by atoms with E-state index in [-0.39, 0.29) is 18.3 Å². The maximum Gasteiger partial charge on any atom is 0.230 e. The second kappa shape index (κ2) is 9.14. The Labute approximate surface area is 109 Å². The summed E-state index contributed by atoms with van der Waals surface area (Å²) in [6.45, 7) is 6.35. The van der Waals surface area contributed by atoms with Crippen LogP contribution in [0.1, 0.15) is 26.7 Å². The molecule has 0 bridgehead atoms. The summed E-state index contributed by atoms with van der Waals surface area (Å²) >= 11 is 1.72. The highest BCUT2D eigenvalue weighted by atomic mass is 35.5. The first kappa shape index (κ1) is 16.1. The van der Waals surface area contributed by atoms with Crippen LogP contribution >= 0.6 is 24.2 Å². The molecule has 1 aliphatic heterocycles. The molecule has 1 aliphatic rings. The van der Waals surface area contributed by atoms with E-state index in [4.69, 9.17) is 0 Å². The number of hydrogen-bond acceptors (Lipinski definition) is 3. The Kier molecular flexibility index (Phi) is 9.18. The molecule has 0 aliphatic carbocycles. The van der Waals surface area contributed by atoms with Crippen LogP contribution in [0.15, 0.2) is 0 Å². The van der Waals surface area contributed by atoms with Crippen LogP contribution in [-0.4, -0.2) is 36.5 Å². The van der Waals surface area contributed by atoms with E-state index in [0.29, 0.717) is 17.7 Å². The van der Waals surface area contributed by atoms with Gasteiger partial charge < -0.3 is 10.6 Å². The molecule has 3 nitrogen and oxygen atoms in total. The Morgan fingerprint density at radius 2 is 2.31 bits per heavy atom. The highest BCUT2D eigenvalue weighted by Gasteiger charge is 2.22. The molecule has 1 rings (SSSR count). The highest BCUT2D eigenvalue weighted by Crippen LogP contribution is 2.11. The van der Waals surface area contributed by atoms with Gasteiger partial charge in [0.1, 0.15) is 0 Å². The van der Waals surface area contributed by atoms with Crippen LogP contribution in [0.5, 0.6) is 0 Å². The molecule has 0 radical (unpaired) electrons. The lowest BCUT2D eigenvalue weighted by Crippen LogP contribution is -2.50. The third kappa shape index (κ3) is 5.97. The van der Waals surface area contributed by atoms with E-state index in [1.54, 1.807) is 11.8 Å². The molecule has 1 heterocycles. The average molecular weight is 267 g/mol. The average Bonchev–Trinajstić information content (AvgIpc) is 2.22. The van der Waals surface area contributed by atoms with E-state index < -0.39 is 0 Å². The summed E-state index contributed by atoms with van der Waals surface area (Å²) in [6.07, 6.45) is 2.30. The summed E-state index contributed by atoms with van der Waals surface area (Å²) in [4.78, 5) is 11.6. The van der Waals surface area contributed by atoms with Gasteiger partial charge in [0.15, 0.2) is 0 Å². The third-order valence-electron chi connectivity index (χ3n) is 2.76. The standard InChI is InChI=1S/C11H22N2OS.ClH/c1-3-6-15-8-11(14)13-10-7-12-5-4-9(10)2;/h9-10,12H,3-8H2,1-2H3,(H,13,14);1H. The zero-order valence-corrected chi connectivity index (χ0v) is 11.8. The molecule has 0 aromatic carbocycles. The van der Waals surface area contributed by atoms with Crippen molar-refractivity contribution in [2.45, 2.75) is 32.7 Å². The van der Waals surface area contributed by atoms with Crippen molar-refractivity contribution < 1.29 is 4.79 Å². The lowest BCUT2D eigenvalue weighted by atomic mass is 9.95. The molecule has 2 atom stereocenters. The van der Waals surface area contributed by atoms with Gasteiger partial charge in [0.25, 0.3) is 0 Å². The normalized spacial score (nSPS) is 24.6. The molecular weight excluding hydrogens is 244 g/mol. The van der Waals surface area contributed by atoms with Crippen molar-refractivity contribution in [3.8, 4) is 0 Å². The van der Waals surface area contributed by atoms with E-state index in [2.05, 4.69) is 24.5 Å². The molecule has 1 saturated heterocycles. The molecule has 0 saturated carbocycles. The molecule has 0 spiro atoms. The van der Waals surface area contributed by atoms with E-state index in [9.17, 15) is 4.79 Å². The third-order valence-corrected chi connectivity index (χ3v) is 3.92. The molecule has 0 aromatic rings. The van der Waals surface area contributed by atoms with Crippen LogP contribution in [0.3, 0.4) is 0 Å². The zero-order chi connectivity index (χ0) is 11.1. The van der Waals surface area contributed by atoms with Crippen LogP contribution in [0.25, 0.3) is 0 Å². The monoisotopic (exact) mass is 266 g/mol. The number of rotatable bonds is 5. The van der Waals surface area contributed by atoms with Gasteiger partial charge in [-0.1, -0.05) is 13.8 Å². The SMILES string of the molecule is CCCSCC(=O)NC1CNCCC1C.Cl. The number of amides is 1. The summed E-state index contributed by atoms with van der Waals surface area (Å²) in [6, 6.07) is 0.327. The van der Waals surface area contributed by atoms with Crippen LogP contribution < -0.4 is 10.6 Å². The van der Waals surface area contributed by atoms with Crippen molar-refractivity contribution in [2.75, 3.05) is 24.6 Å². The van der Waals surface area contributed by atoms with Gasteiger partial charge in [-0.05, 0) is 31.1 Å². The summed E-state index contributed by atoms with van der Waals surface area (Å²) in [5.41, 5.74) is 0. The fourth-order valence-electron chi connectivity index (χ4n) is 1.74. The quantitative estimate of drug-likeness (QED) is 0.744. The summed E-state index contributed by atoms with van der Waals surface area (Å²) in [7, 11) is 0. The second-order valence-electron chi connectivity index (χ2n) is 4.20. The van der Waals surface area contributed by atoms with Crippen LogP contribution in [0, 0.1) is 5.92 Å². The fraction of sp³-hybridized carbons (Fsp3) is 0.909. The largest absolute Gasteiger partial charge is 0.351 e. The van der Waals surface area contributed by atoms with Crippen molar-refractivity contribution >= 4 is 30.1 Å². The van der Waals surface area contributed by atoms with E-state index in [1.807, 2.05) is 0 Å². The van der Waals surface area contributed by atoms with Crippen LogP contribution in [0.4, 0.5) is 0 Å². The summed E-state index contributed by atoms with van der Waals surface area (Å²) in [5.74, 6) is 2.48. The molecule has 1 fully saturated rings.